The number of nitrogens with zero attached hydrogens (tertiary/aromatic N) is 1. The molecule has 0 radical (unpaired) electrons. The topological polar surface area (TPSA) is 68.2 Å². The Labute approximate surface area is 175 Å². The Morgan fingerprint density at radius 3 is 2.30 bits per heavy atom. The Bertz CT molecular complexity index is 920. The Morgan fingerprint density at radius 1 is 0.967 bits per heavy atom. The number of carbonyl (C=O) groups is 1. The maximum Gasteiger partial charge on any atom is 0.260 e. The maximum absolute atomic E-state index is 14.3. The zero-order chi connectivity index (χ0) is 21.3. The molecular formula is C23H26FNO5. The molecule has 0 aromatic heterocycles. The van der Waals surface area contributed by atoms with Gasteiger partial charge in [-0.3, -0.25) is 4.79 Å². The van der Waals surface area contributed by atoms with E-state index in [4.69, 9.17) is 14.2 Å². The van der Waals surface area contributed by atoms with Gasteiger partial charge in [0.25, 0.3) is 5.91 Å². The molecule has 2 fully saturated rings. The van der Waals surface area contributed by atoms with E-state index in [-0.39, 0.29) is 35.2 Å². The molecule has 1 aliphatic heterocycles. The van der Waals surface area contributed by atoms with Gasteiger partial charge in [-0.2, -0.15) is 0 Å². The number of hydrogen-bond acceptors (Lipinski definition) is 5. The summed E-state index contributed by atoms with van der Waals surface area (Å²) in [5.74, 6) is 0.787. The number of rotatable bonds is 5. The third kappa shape index (κ3) is 3.81. The van der Waals surface area contributed by atoms with E-state index in [1.165, 1.54) is 19.2 Å². The number of likely N-dealkylation sites (tertiary alicyclic amines) is 1. The number of para-hydroxylation sites is 2. The van der Waals surface area contributed by atoms with Gasteiger partial charge >= 0.3 is 0 Å². The molecule has 7 heteroatoms. The number of benzene rings is 2. The van der Waals surface area contributed by atoms with Crippen molar-refractivity contribution in [3.8, 4) is 17.2 Å². The SMILES string of the molecule is COc1ccccc1O[C@@H]1C[C@@H]2CN(C(=O)c3c(F)cccc3OC)C[C@@H]2C[C@H]1O. The quantitative estimate of drug-likeness (QED) is 0.813. The first-order chi connectivity index (χ1) is 14.5. The van der Waals surface area contributed by atoms with Crippen molar-refractivity contribution in [2.24, 2.45) is 11.8 Å². The average Bonchev–Trinajstić information content (AvgIpc) is 3.16. The summed E-state index contributed by atoms with van der Waals surface area (Å²) < 4.78 is 30.9. The lowest BCUT2D eigenvalue weighted by molar-refractivity contribution is -0.0240. The van der Waals surface area contributed by atoms with Gasteiger partial charge in [-0.05, 0) is 48.9 Å². The van der Waals surface area contributed by atoms with E-state index in [1.54, 1.807) is 18.1 Å². The molecule has 6 nitrogen and oxygen atoms in total. The molecule has 0 spiro atoms. The monoisotopic (exact) mass is 415 g/mol. The fraction of sp³-hybridized carbons (Fsp3) is 0.435. The molecule has 4 rings (SSSR count). The lowest BCUT2D eigenvalue weighted by Crippen LogP contribution is -2.42. The number of amides is 1. The van der Waals surface area contributed by atoms with Crippen molar-refractivity contribution in [3.63, 3.8) is 0 Å². The molecule has 1 amide bonds. The minimum atomic E-state index is -0.644. The van der Waals surface area contributed by atoms with Crippen LogP contribution in [0.15, 0.2) is 42.5 Å². The number of fused-ring (bicyclic) bond motifs is 1. The van der Waals surface area contributed by atoms with Crippen molar-refractivity contribution in [1.82, 2.24) is 4.90 Å². The van der Waals surface area contributed by atoms with E-state index in [0.29, 0.717) is 37.4 Å². The molecule has 2 aromatic carbocycles. The van der Waals surface area contributed by atoms with Crippen LogP contribution in [0.1, 0.15) is 23.2 Å². The number of carbonyl (C=O) groups excluding carboxylic acids is 1. The van der Waals surface area contributed by atoms with Crippen LogP contribution >= 0.6 is 0 Å². The predicted molar refractivity (Wildman–Crippen MR) is 108 cm³/mol. The van der Waals surface area contributed by atoms with Crippen molar-refractivity contribution < 1.29 is 28.5 Å². The summed E-state index contributed by atoms with van der Waals surface area (Å²) in [6.45, 7) is 0.985. The molecule has 0 unspecified atom stereocenters. The summed E-state index contributed by atoms with van der Waals surface area (Å²) >= 11 is 0. The number of methoxy groups -OCH3 is 2. The maximum atomic E-state index is 14.3. The second kappa shape index (κ2) is 8.52. The van der Waals surface area contributed by atoms with Gasteiger partial charge in [0.1, 0.15) is 23.2 Å². The molecule has 30 heavy (non-hydrogen) atoms. The summed E-state index contributed by atoms with van der Waals surface area (Å²) in [5.41, 5.74) is -0.0407. The molecule has 1 N–H and O–H groups in total. The summed E-state index contributed by atoms with van der Waals surface area (Å²) in [6, 6.07) is 11.7. The van der Waals surface area contributed by atoms with Crippen LogP contribution < -0.4 is 14.2 Å². The highest BCUT2D eigenvalue weighted by atomic mass is 19.1. The van der Waals surface area contributed by atoms with Crippen molar-refractivity contribution in [2.75, 3.05) is 27.3 Å². The first-order valence-electron chi connectivity index (χ1n) is 10.1. The minimum absolute atomic E-state index is 0.0407. The van der Waals surface area contributed by atoms with Crippen LogP contribution in [-0.2, 0) is 0 Å². The van der Waals surface area contributed by atoms with Crippen LogP contribution in [0.5, 0.6) is 17.2 Å². The minimum Gasteiger partial charge on any atom is -0.496 e. The third-order valence-electron chi connectivity index (χ3n) is 6.13. The second-order valence-electron chi connectivity index (χ2n) is 7.89. The van der Waals surface area contributed by atoms with Crippen molar-refractivity contribution in [2.45, 2.75) is 25.0 Å². The van der Waals surface area contributed by atoms with Gasteiger partial charge in [-0.1, -0.05) is 18.2 Å². The molecular weight excluding hydrogens is 389 g/mol. The largest absolute Gasteiger partial charge is 0.496 e. The summed E-state index contributed by atoms with van der Waals surface area (Å²) in [5, 5.41) is 10.7. The van der Waals surface area contributed by atoms with Crippen LogP contribution in [0.2, 0.25) is 0 Å². The molecule has 1 aliphatic carbocycles. The summed E-state index contributed by atoms with van der Waals surface area (Å²) in [4.78, 5) is 14.7. The van der Waals surface area contributed by atoms with Crippen LogP contribution in [0.3, 0.4) is 0 Å². The number of aliphatic hydroxyl groups excluding tert-OH is 1. The standard InChI is InChI=1S/C23H26FNO5/c1-28-18-7-3-4-8-19(18)30-21-11-15-13-25(12-14(15)10-17(21)26)23(27)22-16(24)6-5-9-20(22)29-2/h3-9,14-15,17,21,26H,10-13H2,1-2H3/t14-,15+,17+,21+/m0/s1. The van der Waals surface area contributed by atoms with E-state index >= 15 is 0 Å². The number of halogens is 1. The van der Waals surface area contributed by atoms with Gasteiger partial charge < -0.3 is 24.2 Å². The predicted octanol–water partition coefficient (Wildman–Crippen LogP) is 3.13. The zero-order valence-corrected chi connectivity index (χ0v) is 17.1. The zero-order valence-electron chi connectivity index (χ0n) is 17.1. The highest BCUT2D eigenvalue weighted by molar-refractivity contribution is 5.97. The molecule has 0 bridgehead atoms. The smallest absolute Gasteiger partial charge is 0.260 e. The average molecular weight is 415 g/mol. The number of hydrogen-bond donors (Lipinski definition) is 1. The van der Waals surface area contributed by atoms with E-state index < -0.39 is 11.9 Å². The molecule has 4 atom stereocenters. The molecule has 1 saturated carbocycles. The van der Waals surface area contributed by atoms with Crippen LogP contribution in [-0.4, -0.2) is 55.4 Å². The first kappa shape index (κ1) is 20.5. The lowest BCUT2D eigenvalue weighted by Gasteiger charge is -2.35. The first-order valence-corrected chi connectivity index (χ1v) is 10.1. The van der Waals surface area contributed by atoms with Gasteiger partial charge in [0.05, 0.1) is 20.3 Å². The highest BCUT2D eigenvalue weighted by Gasteiger charge is 2.44. The van der Waals surface area contributed by atoms with Crippen molar-refractivity contribution in [1.29, 1.82) is 0 Å². The van der Waals surface area contributed by atoms with Crippen LogP contribution in [0, 0.1) is 17.7 Å². The van der Waals surface area contributed by atoms with Crippen LogP contribution in [0.4, 0.5) is 4.39 Å². The van der Waals surface area contributed by atoms with Crippen molar-refractivity contribution >= 4 is 5.91 Å². The highest BCUT2D eigenvalue weighted by Crippen LogP contribution is 2.40. The van der Waals surface area contributed by atoms with Crippen LogP contribution in [0.25, 0.3) is 0 Å². The van der Waals surface area contributed by atoms with Gasteiger partial charge in [0, 0.05) is 13.1 Å². The Kier molecular flexibility index (Phi) is 5.81. The molecule has 160 valence electrons. The molecule has 1 heterocycles. The fourth-order valence-electron chi connectivity index (χ4n) is 4.60. The molecule has 2 aromatic rings. The Morgan fingerprint density at radius 2 is 1.60 bits per heavy atom. The fourth-order valence-corrected chi connectivity index (χ4v) is 4.60. The number of aliphatic hydroxyl groups is 1. The third-order valence-corrected chi connectivity index (χ3v) is 6.13. The number of ether oxygens (including phenoxy) is 3. The molecule has 1 saturated heterocycles. The Balaban J connectivity index is 1.48. The van der Waals surface area contributed by atoms with Crippen molar-refractivity contribution in [3.05, 3.63) is 53.8 Å². The van der Waals surface area contributed by atoms with Gasteiger partial charge in [0.15, 0.2) is 11.5 Å². The Hall–Kier alpha value is -2.80. The van der Waals surface area contributed by atoms with E-state index in [9.17, 15) is 14.3 Å². The summed E-state index contributed by atoms with van der Waals surface area (Å²) in [7, 11) is 3.00. The lowest BCUT2D eigenvalue weighted by atomic mass is 9.78. The summed E-state index contributed by atoms with van der Waals surface area (Å²) in [6.07, 6.45) is 0.111. The second-order valence-corrected chi connectivity index (χ2v) is 7.89. The van der Waals surface area contributed by atoms with E-state index in [2.05, 4.69) is 0 Å². The molecule has 2 aliphatic rings. The van der Waals surface area contributed by atoms with Gasteiger partial charge in [-0.15, -0.1) is 0 Å². The van der Waals surface area contributed by atoms with E-state index in [0.717, 1.165) is 0 Å². The van der Waals surface area contributed by atoms with E-state index in [1.807, 2.05) is 24.3 Å². The van der Waals surface area contributed by atoms with Gasteiger partial charge in [0.2, 0.25) is 0 Å². The normalized spacial score (nSPS) is 25.5. The van der Waals surface area contributed by atoms with Gasteiger partial charge in [-0.25, -0.2) is 4.39 Å².